The summed E-state index contributed by atoms with van der Waals surface area (Å²) in [7, 11) is 2.24. The van der Waals surface area contributed by atoms with Gasteiger partial charge in [-0.05, 0) is 81.4 Å². The Labute approximate surface area is 221 Å². The van der Waals surface area contributed by atoms with Crippen LogP contribution in [0.2, 0.25) is 0 Å². The van der Waals surface area contributed by atoms with E-state index < -0.39 is 24.3 Å². The molecule has 3 heterocycles. The Hall–Kier alpha value is -3.13. The van der Waals surface area contributed by atoms with E-state index in [1.807, 2.05) is 25.4 Å². The number of hydrogen-bond donors (Lipinski definition) is 2. The van der Waals surface area contributed by atoms with E-state index in [4.69, 9.17) is 24.2 Å². The molecule has 0 aromatic carbocycles. The summed E-state index contributed by atoms with van der Waals surface area (Å²) in [5, 5.41) is 14.2. The van der Waals surface area contributed by atoms with E-state index in [0.29, 0.717) is 5.41 Å². The van der Waals surface area contributed by atoms with Crippen molar-refractivity contribution in [3.8, 4) is 0 Å². The van der Waals surface area contributed by atoms with E-state index in [0.717, 1.165) is 30.5 Å². The highest BCUT2D eigenvalue weighted by Crippen LogP contribution is 2.59. The summed E-state index contributed by atoms with van der Waals surface area (Å²) < 4.78 is 69.2. The molecular weight excluding hydrogens is 536 g/mol. The van der Waals surface area contributed by atoms with Gasteiger partial charge in [0, 0.05) is 25.5 Å². The van der Waals surface area contributed by atoms with E-state index in [1.54, 1.807) is 0 Å². The number of aromatic nitrogens is 1. The first-order valence-electron chi connectivity index (χ1n) is 12.0. The van der Waals surface area contributed by atoms with Gasteiger partial charge >= 0.3 is 24.3 Å². The fraction of sp³-hybridized carbons (Fsp3) is 0.560. The zero-order valence-electron chi connectivity index (χ0n) is 21.4. The molecule has 14 heteroatoms. The molecule has 1 atom stereocenters. The van der Waals surface area contributed by atoms with Crippen LogP contribution in [0.5, 0.6) is 0 Å². The number of aliphatic carboxylic acids is 2. The summed E-state index contributed by atoms with van der Waals surface area (Å²) in [5.74, 6) is -2.51. The number of carbonyl (C=O) groups is 2. The van der Waals surface area contributed by atoms with Gasteiger partial charge in [0.25, 0.3) is 0 Å². The Morgan fingerprint density at radius 1 is 1.08 bits per heavy atom. The van der Waals surface area contributed by atoms with Crippen LogP contribution in [0.4, 0.5) is 26.3 Å². The van der Waals surface area contributed by atoms with Gasteiger partial charge in [-0.15, -0.1) is 0 Å². The first-order valence-corrected chi connectivity index (χ1v) is 12.0. The van der Waals surface area contributed by atoms with Gasteiger partial charge in [-0.2, -0.15) is 26.3 Å². The molecular formula is C25H31F6N3O5. The first-order chi connectivity index (χ1) is 18.0. The smallest absolute Gasteiger partial charge is 0.475 e. The van der Waals surface area contributed by atoms with E-state index in [9.17, 15) is 26.3 Å². The minimum Gasteiger partial charge on any atom is -0.475 e. The van der Waals surface area contributed by atoms with Crippen LogP contribution < -0.4 is 0 Å². The average molecular weight is 568 g/mol. The summed E-state index contributed by atoms with van der Waals surface area (Å²) in [4.78, 5) is 27.0. The van der Waals surface area contributed by atoms with Gasteiger partial charge in [0.1, 0.15) is 11.5 Å². The van der Waals surface area contributed by atoms with Gasteiger partial charge < -0.3 is 19.5 Å². The molecule has 1 aliphatic heterocycles. The maximum Gasteiger partial charge on any atom is 0.490 e. The van der Waals surface area contributed by atoms with E-state index in [1.165, 1.54) is 44.5 Å². The lowest BCUT2D eigenvalue weighted by Gasteiger charge is -2.33. The summed E-state index contributed by atoms with van der Waals surface area (Å²) in [6.07, 6.45) is -2.24. The Balaban J connectivity index is 0.000000317. The predicted octanol–water partition coefficient (Wildman–Crippen LogP) is 4.98. The highest BCUT2D eigenvalue weighted by Gasteiger charge is 2.54. The van der Waals surface area contributed by atoms with Crippen LogP contribution in [-0.2, 0) is 22.7 Å². The van der Waals surface area contributed by atoms with Crippen molar-refractivity contribution in [3.63, 3.8) is 0 Å². The monoisotopic (exact) mass is 567 g/mol. The Morgan fingerprint density at radius 2 is 1.64 bits per heavy atom. The number of alkyl halides is 6. The molecule has 1 spiro atoms. The van der Waals surface area contributed by atoms with Crippen LogP contribution in [0.15, 0.2) is 41.1 Å². The number of piperidine rings is 1. The van der Waals surface area contributed by atoms with Gasteiger partial charge in [-0.25, -0.2) is 9.59 Å². The van der Waals surface area contributed by atoms with Crippen LogP contribution in [0.1, 0.15) is 36.3 Å². The zero-order chi connectivity index (χ0) is 29.4. The van der Waals surface area contributed by atoms with Crippen LogP contribution in [0, 0.1) is 18.3 Å². The van der Waals surface area contributed by atoms with Crippen molar-refractivity contribution in [1.29, 1.82) is 0 Å². The minimum absolute atomic E-state index is 0.624. The van der Waals surface area contributed by atoms with Crippen molar-refractivity contribution in [2.45, 2.75) is 51.6 Å². The molecule has 1 aliphatic carbocycles. The van der Waals surface area contributed by atoms with Gasteiger partial charge in [0.05, 0.1) is 6.54 Å². The number of likely N-dealkylation sites (tertiary alicyclic amines) is 1. The van der Waals surface area contributed by atoms with E-state index in [2.05, 4.69) is 40.0 Å². The second kappa shape index (κ2) is 13.3. The van der Waals surface area contributed by atoms with Crippen LogP contribution in [0.25, 0.3) is 0 Å². The summed E-state index contributed by atoms with van der Waals surface area (Å²) in [5.41, 5.74) is 1.93. The molecule has 2 fully saturated rings. The third-order valence-electron chi connectivity index (χ3n) is 6.58. The Bertz CT molecular complexity index is 1040. The first kappa shape index (κ1) is 32.1. The Kier molecular flexibility index (Phi) is 10.9. The summed E-state index contributed by atoms with van der Waals surface area (Å²) in [6, 6.07) is 8.38. The van der Waals surface area contributed by atoms with Crippen LogP contribution in [0.3, 0.4) is 0 Å². The molecule has 0 radical (unpaired) electrons. The topological polar surface area (TPSA) is 107 Å². The fourth-order valence-electron chi connectivity index (χ4n) is 4.49. The number of pyridine rings is 1. The van der Waals surface area contributed by atoms with E-state index in [-0.39, 0.29) is 0 Å². The molecule has 4 rings (SSSR count). The molecule has 8 nitrogen and oxygen atoms in total. The fourth-order valence-corrected chi connectivity index (χ4v) is 4.49. The highest BCUT2D eigenvalue weighted by atomic mass is 19.4. The molecule has 0 amide bonds. The molecule has 2 N–H and O–H groups in total. The summed E-state index contributed by atoms with van der Waals surface area (Å²) >= 11 is 0. The summed E-state index contributed by atoms with van der Waals surface area (Å²) in [6.45, 7) is 7.63. The van der Waals surface area contributed by atoms with Crippen molar-refractivity contribution in [3.05, 3.63) is 53.7 Å². The molecule has 2 aromatic rings. The number of hydrogen-bond acceptors (Lipinski definition) is 6. The van der Waals surface area contributed by atoms with Crippen molar-refractivity contribution in [1.82, 2.24) is 14.8 Å². The van der Waals surface area contributed by atoms with Crippen molar-refractivity contribution in [2.24, 2.45) is 11.3 Å². The minimum atomic E-state index is -5.08. The zero-order valence-corrected chi connectivity index (χ0v) is 21.4. The van der Waals surface area contributed by atoms with Gasteiger partial charge in [-0.1, -0.05) is 6.07 Å². The number of halogens is 6. The quantitative estimate of drug-likeness (QED) is 0.471. The van der Waals surface area contributed by atoms with Gasteiger partial charge in [0.2, 0.25) is 0 Å². The number of rotatable bonds is 6. The van der Waals surface area contributed by atoms with Crippen molar-refractivity contribution in [2.75, 3.05) is 26.7 Å². The lowest BCUT2D eigenvalue weighted by atomic mass is 9.90. The number of nitrogens with zero attached hydrogens (tertiary/aromatic N) is 3. The van der Waals surface area contributed by atoms with Crippen LogP contribution in [-0.4, -0.2) is 76.0 Å². The van der Waals surface area contributed by atoms with Gasteiger partial charge in [0.15, 0.2) is 0 Å². The molecule has 1 saturated heterocycles. The molecule has 39 heavy (non-hydrogen) atoms. The van der Waals surface area contributed by atoms with Crippen molar-refractivity contribution >= 4 is 11.9 Å². The van der Waals surface area contributed by atoms with Gasteiger partial charge in [-0.3, -0.25) is 9.88 Å². The molecule has 2 aromatic heterocycles. The molecule has 218 valence electrons. The maximum absolute atomic E-state index is 10.6. The predicted molar refractivity (Wildman–Crippen MR) is 126 cm³/mol. The number of carboxylic acids is 2. The Morgan fingerprint density at radius 3 is 2.08 bits per heavy atom. The van der Waals surface area contributed by atoms with Crippen molar-refractivity contribution < 1.29 is 50.6 Å². The standard InChI is InChI=1S/C21H29N3O.2C2HF3O2/c1-17-5-6-20(25-17)16-24-10-7-21(8-11-24)12-19(21)15-23(2)14-18-4-3-9-22-13-18;2*3-2(4,5)1(6)7/h3-6,9,13,19H,7-8,10-12,14-16H2,1-2H3;2*(H,6,7). The third-order valence-corrected chi connectivity index (χ3v) is 6.58. The largest absolute Gasteiger partial charge is 0.490 e. The molecule has 1 unspecified atom stereocenters. The third kappa shape index (κ3) is 10.9. The van der Waals surface area contributed by atoms with E-state index >= 15 is 0 Å². The molecule has 2 aliphatic rings. The lowest BCUT2D eigenvalue weighted by molar-refractivity contribution is -0.193. The lowest BCUT2D eigenvalue weighted by Crippen LogP contribution is -2.35. The number of carboxylic acid groups (broad SMARTS) is 2. The maximum atomic E-state index is 10.6. The van der Waals surface area contributed by atoms with Crippen LogP contribution >= 0.6 is 0 Å². The molecule has 0 bridgehead atoms. The number of aryl methyl sites for hydroxylation is 1. The average Bonchev–Trinajstić information content (AvgIpc) is 3.30. The SMILES string of the molecule is Cc1ccc(CN2CCC3(CC2)CC3CN(C)Cc2cccnc2)o1.O=C(O)C(F)(F)F.O=C(O)C(F)(F)F. The second-order valence-electron chi connectivity index (χ2n) is 9.72. The molecule has 1 saturated carbocycles. The second-order valence-corrected chi connectivity index (χ2v) is 9.72. The number of furan rings is 1. The highest BCUT2D eigenvalue weighted by molar-refractivity contribution is 5.73. The normalized spacial score (nSPS) is 18.5.